The number of allylic oxidation sites excluding steroid dienone is 2. The summed E-state index contributed by atoms with van der Waals surface area (Å²) in [4.78, 5) is 24.7. The predicted octanol–water partition coefficient (Wildman–Crippen LogP) is 18.7. The topological polar surface area (TPSA) is 66.4 Å². The van der Waals surface area contributed by atoms with Crippen LogP contribution in [-0.4, -0.2) is 29.4 Å². The van der Waals surface area contributed by atoms with Gasteiger partial charge >= 0.3 is 0 Å². The van der Waals surface area contributed by atoms with Crippen molar-refractivity contribution in [2.75, 3.05) is 6.61 Å². The van der Waals surface area contributed by atoms with Gasteiger partial charge in [-0.25, -0.2) is 0 Å². The van der Waals surface area contributed by atoms with Crippen LogP contribution in [0.1, 0.15) is 328 Å². The summed E-state index contributed by atoms with van der Waals surface area (Å²) in [7, 11) is 0. The number of nitrogens with one attached hydrogen (secondary N) is 1. The molecule has 0 fully saturated rings. The second-order valence-corrected chi connectivity index (χ2v) is 19.6. The number of hydrogen-bond donors (Lipinski definition) is 2. The minimum atomic E-state index is -0.0708. The number of aliphatic hydroxyl groups excluding tert-OH is 1. The molecule has 61 heavy (non-hydrogen) atoms. The quantitative estimate of drug-likeness (QED) is 0.0473. The maximum absolute atomic E-state index is 12.4. The summed E-state index contributed by atoms with van der Waals surface area (Å²) in [6.07, 6.45) is 67.4. The number of carbonyl (C=O) groups excluding carboxylic acids is 2. The molecule has 0 rings (SSSR count). The Kier molecular flexibility index (Phi) is 52.2. The Morgan fingerprint density at radius 1 is 0.361 bits per heavy atom. The van der Waals surface area contributed by atoms with E-state index in [0.717, 1.165) is 51.4 Å². The van der Waals surface area contributed by atoms with Crippen molar-refractivity contribution >= 4 is 11.7 Å². The van der Waals surface area contributed by atoms with Gasteiger partial charge in [-0.3, -0.25) is 9.59 Å². The van der Waals surface area contributed by atoms with Crippen LogP contribution in [-0.2, 0) is 9.59 Å². The van der Waals surface area contributed by atoms with Crippen molar-refractivity contribution in [3.05, 3.63) is 12.2 Å². The molecule has 0 heterocycles. The molecule has 1 amide bonds. The molecule has 362 valence electrons. The highest BCUT2D eigenvalue weighted by molar-refractivity contribution is 5.78. The summed E-state index contributed by atoms with van der Waals surface area (Å²) in [5.41, 5.74) is 0. The summed E-state index contributed by atoms with van der Waals surface area (Å²) in [5, 5.41) is 12.9. The number of aliphatic hydroxyl groups is 1. The van der Waals surface area contributed by atoms with E-state index in [1.165, 1.54) is 257 Å². The van der Waals surface area contributed by atoms with Crippen molar-refractivity contribution < 1.29 is 14.7 Å². The average Bonchev–Trinajstić information content (AvgIpc) is 3.26. The van der Waals surface area contributed by atoms with Gasteiger partial charge in [-0.2, -0.15) is 0 Å². The van der Waals surface area contributed by atoms with Crippen LogP contribution in [0, 0.1) is 0 Å². The molecule has 0 aromatic carbocycles. The van der Waals surface area contributed by atoms with E-state index in [1.807, 2.05) is 0 Å². The van der Waals surface area contributed by atoms with Crippen molar-refractivity contribution in [3.63, 3.8) is 0 Å². The Morgan fingerprint density at radius 2 is 0.623 bits per heavy atom. The Morgan fingerprint density at radius 3 is 0.934 bits per heavy atom. The molecule has 0 aliphatic heterocycles. The molecule has 0 bridgehead atoms. The lowest BCUT2D eigenvalue weighted by Gasteiger charge is -2.16. The van der Waals surface area contributed by atoms with Gasteiger partial charge in [-0.05, 0) is 51.4 Å². The second kappa shape index (κ2) is 53.2. The largest absolute Gasteiger partial charge is 0.394 e. The van der Waals surface area contributed by atoms with Gasteiger partial charge in [0.05, 0.1) is 12.6 Å². The van der Waals surface area contributed by atoms with Crippen LogP contribution in [0.5, 0.6) is 0 Å². The van der Waals surface area contributed by atoms with E-state index in [4.69, 9.17) is 0 Å². The zero-order valence-electron chi connectivity index (χ0n) is 41.9. The molecule has 0 aliphatic rings. The lowest BCUT2D eigenvalue weighted by Crippen LogP contribution is -2.37. The third kappa shape index (κ3) is 51.4. The van der Waals surface area contributed by atoms with Gasteiger partial charge < -0.3 is 10.4 Å². The van der Waals surface area contributed by atoms with Crippen LogP contribution in [0.3, 0.4) is 0 Å². The molecule has 0 radical (unpaired) electrons. The number of ketones is 1. The van der Waals surface area contributed by atoms with Crippen molar-refractivity contribution in [1.29, 1.82) is 0 Å². The minimum Gasteiger partial charge on any atom is -0.394 e. The van der Waals surface area contributed by atoms with Gasteiger partial charge in [0.2, 0.25) is 5.91 Å². The number of Topliss-reactive ketones (excluding diaryl/α,β-unsaturated/α-hetero) is 1. The van der Waals surface area contributed by atoms with Gasteiger partial charge in [0.1, 0.15) is 5.78 Å². The zero-order chi connectivity index (χ0) is 44.2. The number of hydrogen-bond acceptors (Lipinski definition) is 3. The van der Waals surface area contributed by atoms with Crippen molar-refractivity contribution in [2.45, 2.75) is 335 Å². The molecule has 1 atom stereocenters. The Bertz CT molecular complexity index is 886. The molecule has 0 spiro atoms. The fourth-order valence-electron chi connectivity index (χ4n) is 9.05. The predicted molar refractivity (Wildman–Crippen MR) is 271 cm³/mol. The maximum Gasteiger partial charge on any atom is 0.220 e. The molecule has 0 saturated carbocycles. The monoisotopic (exact) mass is 858 g/mol. The normalized spacial score (nSPS) is 12.2. The highest BCUT2D eigenvalue weighted by atomic mass is 16.3. The molecule has 0 unspecified atom stereocenters. The lowest BCUT2D eigenvalue weighted by molar-refractivity contribution is -0.122. The number of unbranched alkanes of at least 4 members (excludes halogenated alkanes) is 41. The Labute approximate surface area is 383 Å². The summed E-state index contributed by atoms with van der Waals surface area (Å²) in [6.45, 7) is 4.63. The standard InChI is InChI=1S/C57H111NO3/c1-3-5-7-9-11-13-15-17-19-21-22-23-25-27-31-35-39-43-47-51-56(60)52-48-44-40-36-32-28-29-33-37-41-45-49-53-57(61)58-55(54-59)50-46-42-38-34-30-26-24-20-18-16-14-12-10-8-6-4-2/h17,19,55,59H,3-16,18,20-54H2,1-2H3,(H,58,61)/b19-17-/t55-/m0/s1. The SMILES string of the molecule is CCCCCCCC/C=C\CCCCCCCCCCCC(=O)CCCCCCCCCCCCCCC(=O)N[C@H](CO)CCCCCCCCCCCCCCCCCC. The van der Waals surface area contributed by atoms with Gasteiger partial charge in [0, 0.05) is 19.3 Å². The Balaban J connectivity index is 3.37. The summed E-state index contributed by atoms with van der Waals surface area (Å²) in [6, 6.07) is -0.0708. The smallest absolute Gasteiger partial charge is 0.220 e. The molecule has 0 saturated heterocycles. The first kappa shape index (κ1) is 59.8. The van der Waals surface area contributed by atoms with Crippen molar-refractivity contribution in [2.24, 2.45) is 0 Å². The maximum atomic E-state index is 12.4. The van der Waals surface area contributed by atoms with Gasteiger partial charge in [-0.15, -0.1) is 0 Å². The zero-order valence-corrected chi connectivity index (χ0v) is 41.9. The van der Waals surface area contributed by atoms with E-state index >= 15 is 0 Å². The van der Waals surface area contributed by atoms with E-state index in [2.05, 4.69) is 31.3 Å². The number of rotatable bonds is 53. The van der Waals surface area contributed by atoms with E-state index in [-0.39, 0.29) is 18.6 Å². The molecule has 4 heteroatoms. The van der Waals surface area contributed by atoms with E-state index in [1.54, 1.807) is 0 Å². The molecular weight excluding hydrogens is 747 g/mol. The van der Waals surface area contributed by atoms with Crippen LogP contribution < -0.4 is 5.32 Å². The van der Waals surface area contributed by atoms with Crippen LogP contribution in [0.25, 0.3) is 0 Å². The molecule has 0 aliphatic carbocycles. The Hall–Kier alpha value is -1.16. The second-order valence-electron chi connectivity index (χ2n) is 19.6. The van der Waals surface area contributed by atoms with Gasteiger partial charge in [0.15, 0.2) is 0 Å². The molecule has 0 aromatic rings. The van der Waals surface area contributed by atoms with E-state index in [0.29, 0.717) is 12.2 Å². The third-order valence-electron chi connectivity index (χ3n) is 13.3. The first-order valence-electron chi connectivity index (χ1n) is 28.2. The number of carbonyl (C=O) groups is 2. The highest BCUT2D eigenvalue weighted by Gasteiger charge is 2.11. The molecule has 2 N–H and O–H groups in total. The van der Waals surface area contributed by atoms with Crippen LogP contribution >= 0.6 is 0 Å². The molecular formula is C57H111NO3. The highest BCUT2D eigenvalue weighted by Crippen LogP contribution is 2.17. The lowest BCUT2D eigenvalue weighted by atomic mass is 10.0. The van der Waals surface area contributed by atoms with Crippen molar-refractivity contribution in [1.82, 2.24) is 5.32 Å². The average molecular weight is 859 g/mol. The third-order valence-corrected chi connectivity index (χ3v) is 13.3. The van der Waals surface area contributed by atoms with E-state index in [9.17, 15) is 14.7 Å². The fraction of sp³-hybridized carbons (Fsp3) is 0.930. The summed E-state index contributed by atoms with van der Waals surface area (Å²) in [5.74, 6) is 0.617. The van der Waals surface area contributed by atoms with Crippen LogP contribution in [0.4, 0.5) is 0 Å². The fourth-order valence-corrected chi connectivity index (χ4v) is 9.05. The van der Waals surface area contributed by atoms with Crippen LogP contribution in [0.2, 0.25) is 0 Å². The molecule has 4 nitrogen and oxygen atoms in total. The summed E-state index contributed by atoms with van der Waals surface area (Å²) >= 11 is 0. The first-order valence-corrected chi connectivity index (χ1v) is 28.2. The number of amides is 1. The van der Waals surface area contributed by atoms with Gasteiger partial charge in [-0.1, -0.05) is 270 Å². The minimum absolute atomic E-state index is 0.0584. The van der Waals surface area contributed by atoms with Gasteiger partial charge in [0.25, 0.3) is 0 Å². The molecule has 0 aromatic heterocycles. The van der Waals surface area contributed by atoms with Crippen LogP contribution in [0.15, 0.2) is 12.2 Å². The summed E-state index contributed by atoms with van der Waals surface area (Å²) < 4.78 is 0. The van der Waals surface area contributed by atoms with Crippen molar-refractivity contribution in [3.8, 4) is 0 Å². The first-order chi connectivity index (χ1) is 30.1. The van der Waals surface area contributed by atoms with E-state index < -0.39 is 0 Å².